The number of aromatic hydroxyl groups is 2. The summed E-state index contributed by atoms with van der Waals surface area (Å²) >= 11 is 5.43. The van der Waals surface area contributed by atoms with Crippen LogP contribution in [0.2, 0.25) is 0 Å². The molecule has 2 aliphatic heterocycles. The van der Waals surface area contributed by atoms with E-state index in [4.69, 9.17) is 15.7 Å². The second-order valence-electron chi connectivity index (χ2n) is 13.9. The van der Waals surface area contributed by atoms with E-state index in [9.17, 15) is 49.2 Å². The number of anilines is 1. The number of carbonyl (C=O) groups is 5. The summed E-state index contributed by atoms with van der Waals surface area (Å²) in [5.74, 6) is -7.13. The molecule has 0 unspecified atom stereocenters. The lowest BCUT2D eigenvalue weighted by Crippen LogP contribution is -2.73. The van der Waals surface area contributed by atoms with Gasteiger partial charge in [0.15, 0.2) is 27.8 Å². The molecule has 6 rings (SSSR count). The molecule has 292 valence electrons. The van der Waals surface area contributed by atoms with Crippen LogP contribution >= 0.6 is 24.0 Å². The number of phenolic OH excluding ortho intramolecular Hbond substituents is 2. The summed E-state index contributed by atoms with van der Waals surface area (Å²) in [6.07, 6.45) is 0.997. The molecular formula is C34H38N7O12S2+. The lowest BCUT2D eigenvalue weighted by Gasteiger charge is -2.49. The van der Waals surface area contributed by atoms with Gasteiger partial charge < -0.3 is 50.5 Å². The van der Waals surface area contributed by atoms with Gasteiger partial charge in [-0.1, -0.05) is 5.16 Å². The third kappa shape index (κ3) is 7.41. The number of thiazole rings is 1. The first-order valence-corrected chi connectivity index (χ1v) is 18.5. The number of carbonyl (C=O) groups excluding carboxylic acids is 2. The predicted molar refractivity (Wildman–Crippen MR) is 197 cm³/mol. The molecule has 2 amide bonds. The summed E-state index contributed by atoms with van der Waals surface area (Å²) in [7, 11) is 1.71. The molecular weight excluding hydrogens is 763 g/mol. The number of aryl methyl sites for hydroxylation is 1. The average Bonchev–Trinajstić information content (AvgIpc) is 3.64. The number of carboxylic acids is 3. The number of fused-ring (bicyclic) bond motifs is 1. The fourth-order valence-corrected chi connectivity index (χ4v) is 8.29. The van der Waals surface area contributed by atoms with Crippen molar-refractivity contribution in [2.24, 2.45) is 12.2 Å². The van der Waals surface area contributed by atoms with E-state index in [1.54, 1.807) is 17.8 Å². The average molecular weight is 801 g/mol. The van der Waals surface area contributed by atoms with E-state index in [0.29, 0.717) is 47.1 Å². The number of quaternary nitrogens is 1. The number of nitrogens with one attached hydrogen (secondary N) is 1. The Balaban J connectivity index is 1.28. The van der Waals surface area contributed by atoms with Crippen LogP contribution in [0.15, 0.2) is 44.9 Å². The van der Waals surface area contributed by atoms with E-state index < -0.39 is 65.3 Å². The Hall–Kier alpha value is -5.67. The second-order valence-corrected chi connectivity index (χ2v) is 15.1. The summed E-state index contributed by atoms with van der Waals surface area (Å²) in [5, 5.41) is 56.9. The van der Waals surface area contributed by atoms with Crippen molar-refractivity contribution in [3.8, 4) is 11.5 Å². The molecule has 1 aromatic carbocycles. The van der Waals surface area contributed by atoms with Gasteiger partial charge in [-0.3, -0.25) is 24.1 Å². The molecule has 3 aliphatic rings. The number of aromatic nitrogens is 2. The fraction of sp³-hybridized carbons (Fsp3) is 0.412. The number of benzene rings is 1. The zero-order chi connectivity index (χ0) is 40.0. The molecule has 3 aromatic rings. The lowest BCUT2D eigenvalue weighted by atomic mass is 9.89. The fourth-order valence-electron chi connectivity index (χ4n) is 7.49. The van der Waals surface area contributed by atoms with Gasteiger partial charge in [-0.05, 0) is 18.9 Å². The Morgan fingerprint density at radius 3 is 2.38 bits per heavy atom. The number of carboxylic acid groups (broad SMARTS) is 3. The maximum atomic E-state index is 13.9. The first-order valence-electron chi connectivity index (χ1n) is 17.0. The number of hydrogen-bond acceptors (Lipinski definition) is 14. The Bertz CT molecular complexity index is 2240. The van der Waals surface area contributed by atoms with E-state index in [2.05, 4.69) is 28.1 Å². The largest absolute Gasteiger partial charge is 0.504 e. The van der Waals surface area contributed by atoms with E-state index in [0.717, 1.165) is 24.2 Å². The van der Waals surface area contributed by atoms with Crippen LogP contribution in [-0.4, -0.2) is 123 Å². The Morgan fingerprint density at radius 2 is 1.82 bits per heavy atom. The highest BCUT2D eigenvalue weighted by molar-refractivity contribution is 7.80. The van der Waals surface area contributed by atoms with Gasteiger partial charge in [0, 0.05) is 48.9 Å². The number of pyridine rings is 1. The summed E-state index contributed by atoms with van der Waals surface area (Å²) < 4.78 is 1.97. The second kappa shape index (κ2) is 14.9. The molecule has 1 saturated carbocycles. The number of rotatable bonds is 15. The summed E-state index contributed by atoms with van der Waals surface area (Å²) in [5.41, 5.74) is 4.46. The molecule has 0 bridgehead atoms. The number of likely N-dealkylation sites (tertiary alicyclic amines) is 2. The SMILES string of the molecule is Cn1cc(C[N+]2(C/C(CS)=C(\C(=O)O)N3C(=O)[C@@H](NC(=O)/C(=N\O[C@@H](CC(=O)O)C(=O)O)c4csc(N)n4)C34CC4)CCCC2)c(=O)c2cc(O)c(O)cc21. The first-order chi connectivity index (χ1) is 26.0. The number of nitrogens with two attached hydrogens (primary N) is 1. The molecule has 1 aliphatic carbocycles. The summed E-state index contributed by atoms with van der Waals surface area (Å²) in [4.78, 5) is 87.0. The molecule has 2 aromatic heterocycles. The van der Waals surface area contributed by atoms with Gasteiger partial charge in [0.25, 0.3) is 11.8 Å². The number of nitrogen functional groups attached to an aromatic ring is 1. The van der Waals surface area contributed by atoms with Gasteiger partial charge in [0.2, 0.25) is 6.10 Å². The quantitative estimate of drug-likeness (QED) is 0.0199. The van der Waals surface area contributed by atoms with Crippen LogP contribution in [0.4, 0.5) is 5.13 Å². The van der Waals surface area contributed by atoms with Gasteiger partial charge in [0.1, 0.15) is 30.5 Å². The molecule has 3 fully saturated rings. The number of phenols is 2. The monoisotopic (exact) mass is 800 g/mol. The Kier molecular flexibility index (Phi) is 10.6. The molecule has 2 atom stereocenters. The third-order valence-electron chi connectivity index (χ3n) is 10.2. The number of thiol groups is 1. The zero-order valence-corrected chi connectivity index (χ0v) is 31.0. The molecule has 2 saturated heterocycles. The highest BCUT2D eigenvalue weighted by Crippen LogP contribution is 2.54. The van der Waals surface area contributed by atoms with Gasteiger partial charge in [-0.15, -0.1) is 11.3 Å². The molecule has 0 radical (unpaired) electrons. The van der Waals surface area contributed by atoms with Crippen molar-refractivity contribution >= 4 is 75.4 Å². The van der Waals surface area contributed by atoms with Crippen molar-refractivity contribution in [1.29, 1.82) is 0 Å². The minimum Gasteiger partial charge on any atom is -0.504 e. The third-order valence-corrected chi connectivity index (χ3v) is 11.3. The highest BCUT2D eigenvalue weighted by Gasteiger charge is 2.70. The normalized spacial score (nSPS) is 19.5. The van der Waals surface area contributed by atoms with E-state index in [1.807, 2.05) is 0 Å². The van der Waals surface area contributed by atoms with Gasteiger partial charge >= 0.3 is 17.9 Å². The number of hydrogen-bond donors (Lipinski definition) is 8. The highest BCUT2D eigenvalue weighted by atomic mass is 32.1. The van der Waals surface area contributed by atoms with Crippen LogP contribution in [0, 0.1) is 0 Å². The Labute approximate surface area is 320 Å². The van der Waals surface area contributed by atoms with Crippen LogP contribution in [0.5, 0.6) is 11.5 Å². The van der Waals surface area contributed by atoms with Crippen LogP contribution in [0.1, 0.15) is 43.4 Å². The van der Waals surface area contributed by atoms with Crippen LogP contribution < -0.4 is 16.5 Å². The number of nitrogens with zero attached hydrogens (tertiary/aromatic N) is 5. The standard InChI is InChI=1S/C34H37N7O12S2/c1-39-11-16(27(46)18-8-21(42)22(43)9-20(18)39)12-41(6-2-3-7-41)13-17(14-54)26(32(51)52)40-30(48)28(34(40)4-5-34)37-29(47)25(19-15-55-33(35)36-19)38-53-23(31(49)50)10-24(44)45/h8-9,11,15,23,28H,2-7,10,12-14H2,1H3,(H8-,35,36,37,42,43,44,45,47,49,50,51,52,54)/p+1/b26-17-,38-25-/t23-,28+/m0/s1. The molecule has 4 heterocycles. The molecule has 19 nitrogen and oxygen atoms in total. The van der Waals surface area contributed by atoms with Crippen molar-refractivity contribution in [1.82, 2.24) is 19.8 Å². The number of amides is 2. The van der Waals surface area contributed by atoms with Crippen molar-refractivity contribution in [2.75, 3.05) is 31.1 Å². The molecule has 55 heavy (non-hydrogen) atoms. The Morgan fingerprint density at radius 1 is 1.15 bits per heavy atom. The van der Waals surface area contributed by atoms with Gasteiger partial charge in [-0.2, -0.15) is 12.6 Å². The summed E-state index contributed by atoms with van der Waals surface area (Å²) in [6.45, 7) is 1.56. The minimum atomic E-state index is -1.96. The van der Waals surface area contributed by atoms with Crippen molar-refractivity contribution < 1.29 is 58.8 Å². The van der Waals surface area contributed by atoms with E-state index in [1.165, 1.54) is 22.4 Å². The van der Waals surface area contributed by atoms with Crippen molar-refractivity contribution in [2.45, 2.75) is 56.3 Å². The van der Waals surface area contributed by atoms with E-state index in [-0.39, 0.29) is 51.9 Å². The van der Waals surface area contributed by atoms with Crippen LogP contribution in [0.25, 0.3) is 10.9 Å². The van der Waals surface area contributed by atoms with Gasteiger partial charge in [0.05, 0.1) is 41.5 Å². The number of β-lactam (4-membered cyclic amide) rings is 1. The number of aliphatic carboxylic acids is 3. The van der Waals surface area contributed by atoms with Gasteiger partial charge in [-0.25, -0.2) is 14.6 Å². The van der Waals surface area contributed by atoms with Crippen molar-refractivity contribution in [3.63, 3.8) is 0 Å². The number of oxime groups is 1. The smallest absolute Gasteiger partial charge is 0.352 e. The van der Waals surface area contributed by atoms with E-state index >= 15 is 0 Å². The topological polar surface area (TPSA) is 284 Å². The lowest BCUT2D eigenvalue weighted by molar-refractivity contribution is -0.925. The molecule has 21 heteroatoms. The summed E-state index contributed by atoms with van der Waals surface area (Å²) in [6, 6.07) is 1.31. The zero-order valence-electron chi connectivity index (χ0n) is 29.3. The molecule has 8 N–H and O–H groups in total. The predicted octanol–water partition coefficient (Wildman–Crippen LogP) is 0.576. The molecule has 1 spiro atoms. The van der Waals surface area contributed by atoms with Crippen molar-refractivity contribution in [3.05, 3.63) is 56.5 Å². The maximum absolute atomic E-state index is 13.9. The first kappa shape index (κ1) is 39.0. The maximum Gasteiger partial charge on any atom is 0.352 e. The minimum absolute atomic E-state index is 0.0231. The van der Waals surface area contributed by atoms with Crippen LogP contribution in [0.3, 0.4) is 0 Å². The van der Waals surface area contributed by atoms with Crippen LogP contribution in [-0.2, 0) is 42.4 Å².